The number of hydrogen-bond donors (Lipinski definition) is 2. The molecule has 1 fully saturated rings. The number of nitrogens with one attached hydrogen (secondary N) is 2. The third-order valence-corrected chi connectivity index (χ3v) is 4.79. The van der Waals surface area contributed by atoms with Gasteiger partial charge in [-0.15, -0.1) is 11.8 Å². The molecule has 2 N–H and O–H groups in total. The molecule has 0 saturated carbocycles. The summed E-state index contributed by atoms with van der Waals surface area (Å²) in [5, 5.41) is 14.0. The Kier molecular flexibility index (Phi) is 4.82. The second kappa shape index (κ2) is 7.20. The van der Waals surface area contributed by atoms with Crippen molar-refractivity contribution >= 4 is 23.7 Å². The van der Waals surface area contributed by atoms with Crippen LogP contribution in [0.1, 0.15) is 22.7 Å². The zero-order chi connectivity index (χ0) is 16.9. The highest BCUT2D eigenvalue weighted by Crippen LogP contribution is 2.30. The van der Waals surface area contributed by atoms with Crippen molar-refractivity contribution in [3.63, 3.8) is 0 Å². The number of carbonyl (C=O) groups excluding carboxylic acids is 2. The van der Waals surface area contributed by atoms with E-state index in [1.165, 1.54) is 5.56 Å². The maximum Gasteiger partial charge on any atom is 0.322 e. The molecule has 1 heterocycles. The summed E-state index contributed by atoms with van der Waals surface area (Å²) in [7, 11) is 0. The normalized spacial score (nSPS) is 16.4. The number of nitriles is 1. The van der Waals surface area contributed by atoms with Crippen LogP contribution in [-0.2, 0) is 11.2 Å². The highest BCUT2D eigenvalue weighted by atomic mass is 32.2. The predicted molar refractivity (Wildman–Crippen MR) is 91.4 cm³/mol. The van der Waals surface area contributed by atoms with Crippen molar-refractivity contribution in [1.29, 1.82) is 5.26 Å². The van der Waals surface area contributed by atoms with Crippen LogP contribution in [0.3, 0.4) is 0 Å². The summed E-state index contributed by atoms with van der Waals surface area (Å²) in [5.74, 6) is 0.448. The van der Waals surface area contributed by atoms with Crippen molar-refractivity contribution < 1.29 is 9.59 Å². The van der Waals surface area contributed by atoms with Crippen molar-refractivity contribution in [2.45, 2.75) is 17.4 Å². The molecule has 0 radical (unpaired) electrons. The third-order valence-electron chi connectivity index (χ3n) is 3.72. The van der Waals surface area contributed by atoms with Gasteiger partial charge in [-0.1, -0.05) is 36.4 Å². The smallest absolute Gasteiger partial charge is 0.322 e. The molecule has 24 heavy (non-hydrogen) atoms. The van der Waals surface area contributed by atoms with Crippen LogP contribution in [0.15, 0.2) is 53.4 Å². The molecule has 0 aliphatic carbocycles. The Balaban J connectivity index is 1.78. The standard InChI is InChI=1S/C18H15N3O2S/c19-11-13-6-7-14(16-17(22)21-18(23)20-16)15(10-13)24-9-8-12-4-2-1-3-5-12/h1-7,10,16H,8-9H2,(H2,20,21,22,23). The summed E-state index contributed by atoms with van der Waals surface area (Å²) in [6.07, 6.45) is 0.880. The Hall–Kier alpha value is -2.78. The molecule has 2 aromatic carbocycles. The van der Waals surface area contributed by atoms with Crippen LogP contribution in [0.5, 0.6) is 0 Å². The minimum Gasteiger partial charge on any atom is -0.322 e. The summed E-state index contributed by atoms with van der Waals surface area (Å²) in [5.41, 5.74) is 2.48. The Morgan fingerprint density at radius 3 is 2.58 bits per heavy atom. The minimum atomic E-state index is -0.704. The Morgan fingerprint density at radius 2 is 1.92 bits per heavy atom. The van der Waals surface area contributed by atoms with Crippen LogP contribution in [0.25, 0.3) is 0 Å². The van der Waals surface area contributed by atoms with Gasteiger partial charge in [-0.25, -0.2) is 4.79 Å². The fraction of sp³-hybridized carbons (Fsp3) is 0.167. The molecule has 2 aromatic rings. The third kappa shape index (κ3) is 3.58. The van der Waals surface area contributed by atoms with Gasteiger partial charge in [-0.05, 0) is 29.7 Å². The number of rotatable bonds is 5. The quantitative estimate of drug-likeness (QED) is 0.649. The van der Waals surface area contributed by atoms with Gasteiger partial charge in [0, 0.05) is 10.6 Å². The van der Waals surface area contributed by atoms with Gasteiger partial charge < -0.3 is 5.32 Å². The van der Waals surface area contributed by atoms with Crippen LogP contribution >= 0.6 is 11.8 Å². The molecule has 1 unspecified atom stereocenters. The van der Waals surface area contributed by atoms with E-state index in [0.29, 0.717) is 5.56 Å². The lowest BCUT2D eigenvalue weighted by Crippen LogP contribution is -2.22. The fourth-order valence-corrected chi connectivity index (χ4v) is 3.65. The fourth-order valence-electron chi connectivity index (χ4n) is 2.53. The lowest BCUT2D eigenvalue weighted by atomic mass is 10.1. The second-order valence-corrected chi connectivity index (χ2v) is 6.48. The first kappa shape index (κ1) is 16.1. The molecule has 1 saturated heterocycles. The topological polar surface area (TPSA) is 82.0 Å². The van der Waals surface area contributed by atoms with E-state index >= 15 is 0 Å². The van der Waals surface area contributed by atoms with Gasteiger partial charge in [0.2, 0.25) is 0 Å². The molecule has 3 amide bonds. The van der Waals surface area contributed by atoms with Crippen molar-refractivity contribution in [2.75, 3.05) is 5.75 Å². The number of nitrogens with zero attached hydrogens (tertiary/aromatic N) is 1. The number of hydrogen-bond acceptors (Lipinski definition) is 4. The molecule has 1 atom stereocenters. The van der Waals surface area contributed by atoms with Gasteiger partial charge in [0.25, 0.3) is 5.91 Å². The van der Waals surface area contributed by atoms with E-state index in [9.17, 15) is 9.59 Å². The number of amides is 3. The van der Waals surface area contributed by atoms with E-state index in [1.54, 1.807) is 30.0 Å². The van der Waals surface area contributed by atoms with Crippen molar-refractivity contribution in [2.24, 2.45) is 0 Å². The van der Waals surface area contributed by atoms with Crippen LogP contribution in [0, 0.1) is 11.3 Å². The van der Waals surface area contributed by atoms with Gasteiger partial charge in [-0.2, -0.15) is 5.26 Å². The van der Waals surface area contributed by atoms with E-state index in [2.05, 4.69) is 28.8 Å². The molecule has 5 nitrogen and oxygen atoms in total. The maximum absolute atomic E-state index is 11.9. The molecule has 120 valence electrons. The predicted octanol–water partition coefficient (Wildman–Crippen LogP) is 2.77. The average molecular weight is 337 g/mol. The van der Waals surface area contributed by atoms with Crippen molar-refractivity contribution in [3.8, 4) is 6.07 Å². The van der Waals surface area contributed by atoms with Crippen LogP contribution < -0.4 is 10.6 Å². The van der Waals surface area contributed by atoms with E-state index in [-0.39, 0.29) is 5.91 Å². The molecular formula is C18H15N3O2S. The molecule has 0 spiro atoms. The van der Waals surface area contributed by atoms with Gasteiger partial charge in [0.15, 0.2) is 0 Å². The monoisotopic (exact) mass is 337 g/mol. The minimum absolute atomic E-state index is 0.366. The van der Waals surface area contributed by atoms with Gasteiger partial charge in [0.05, 0.1) is 11.6 Å². The SMILES string of the molecule is N#Cc1ccc(C2NC(=O)NC2=O)c(SCCc2ccccc2)c1. The molecule has 0 bridgehead atoms. The number of imide groups is 1. The molecule has 3 rings (SSSR count). The number of thioether (sulfide) groups is 1. The van der Waals surface area contributed by atoms with Crippen LogP contribution in [-0.4, -0.2) is 17.7 Å². The number of urea groups is 1. The maximum atomic E-state index is 11.9. The zero-order valence-electron chi connectivity index (χ0n) is 12.8. The average Bonchev–Trinajstić information content (AvgIpc) is 2.94. The zero-order valence-corrected chi connectivity index (χ0v) is 13.6. The first-order valence-corrected chi connectivity index (χ1v) is 8.48. The van der Waals surface area contributed by atoms with Gasteiger partial charge in [0.1, 0.15) is 6.04 Å². The number of benzene rings is 2. The summed E-state index contributed by atoms with van der Waals surface area (Å²) in [6, 6.07) is 16.2. The summed E-state index contributed by atoms with van der Waals surface area (Å²) < 4.78 is 0. The number of carbonyl (C=O) groups is 2. The second-order valence-electron chi connectivity index (χ2n) is 5.34. The molecule has 6 heteroatoms. The first-order valence-electron chi connectivity index (χ1n) is 7.49. The summed E-state index contributed by atoms with van der Waals surface area (Å²) >= 11 is 1.58. The van der Waals surface area contributed by atoms with E-state index in [1.807, 2.05) is 18.2 Å². The Labute approximate surface area is 144 Å². The summed E-state index contributed by atoms with van der Waals surface area (Å²) in [6.45, 7) is 0. The highest BCUT2D eigenvalue weighted by molar-refractivity contribution is 7.99. The Morgan fingerprint density at radius 1 is 1.12 bits per heavy atom. The van der Waals surface area contributed by atoms with Gasteiger partial charge in [-0.3, -0.25) is 10.1 Å². The van der Waals surface area contributed by atoms with E-state index in [0.717, 1.165) is 22.6 Å². The lowest BCUT2D eigenvalue weighted by molar-refractivity contribution is -0.120. The lowest BCUT2D eigenvalue weighted by Gasteiger charge is -2.14. The number of aryl methyl sites for hydroxylation is 1. The molecule has 1 aliphatic rings. The Bertz CT molecular complexity index is 815. The van der Waals surface area contributed by atoms with E-state index in [4.69, 9.17) is 5.26 Å². The van der Waals surface area contributed by atoms with Gasteiger partial charge >= 0.3 is 6.03 Å². The summed E-state index contributed by atoms with van der Waals surface area (Å²) in [4.78, 5) is 24.1. The van der Waals surface area contributed by atoms with E-state index < -0.39 is 12.1 Å². The molecule has 1 aliphatic heterocycles. The van der Waals surface area contributed by atoms with Crippen molar-refractivity contribution in [3.05, 3.63) is 65.2 Å². The van der Waals surface area contributed by atoms with Crippen LogP contribution in [0.2, 0.25) is 0 Å². The highest BCUT2D eigenvalue weighted by Gasteiger charge is 2.32. The molecule has 0 aromatic heterocycles. The largest absolute Gasteiger partial charge is 0.322 e. The first-order chi connectivity index (χ1) is 11.7. The van der Waals surface area contributed by atoms with Crippen molar-refractivity contribution in [1.82, 2.24) is 10.6 Å². The van der Waals surface area contributed by atoms with Crippen LogP contribution in [0.4, 0.5) is 4.79 Å². The molecular weight excluding hydrogens is 322 g/mol.